The van der Waals surface area contributed by atoms with Gasteiger partial charge in [0.2, 0.25) is 0 Å². The number of hydrogen-bond acceptors (Lipinski definition) is 3. The van der Waals surface area contributed by atoms with Crippen LogP contribution < -0.4 is 5.73 Å². The van der Waals surface area contributed by atoms with Crippen LogP contribution in [0, 0.1) is 0 Å². The van der Waals surface area contributed by atoms with E-state index in [1.165, 1.54) is 0 Å². The van der Waals surface area contributed by atoms with Crippen molar-refractivity contribution in [1.82, 2.24) is 4.57 Å². The van der Waals surface area contributed by atoms with Crippen molar-refractivity contribution in [3.05, 3.63) is 30.5 Å². The molecule has 2 rings (SSSR count). The Morgan fingerprint density at radius 1 is 1.29 bits per heavy atom. The van der Waals surface area contributed by atoms with Crippen molar-refractivity contribution in [2.75, 3.05) is 12.3 Å². The molecular formula is C12H16N2O2S. The van der Waals surface area contributed by atoms with E-state index in [0.717, 1.165) is 10.9 Å². The molecule has 0 aliphatic rings. The minimum Gasteiger partial charge on any atom is -0.349 e. The predicted octanol–water partition coefficient (Wildman–Crippen LogP) is 1.30. The fourth-order valence-electron chi connectivity index (χ4n) is 1.94. The molecule has 1 heterocycles. The monoisotopic (exact) mass is 252 g/mol. The van der Waals surface area contributed by atoms with Gasteiger partial charge in [-0.1, -0.05) is 18.2 Å². The molecule has 0 radical (unpaired) electrons. The third-order valence-electron chi connectivity index (χ3n) is 2.81. The van der Waals surface area contributed by atoms with E-state index in [1.54, 1.807) is 6.20 Å². The Morgan fingerprint density at radius 2 is 2.00 bits per heavy atom. The molecular weight excluding hydrogens is 236 g/mol. The summed E-state index contributed by atoms with van der Waals surface area (Å²) in [5, 5.41) is 0.784. The van der Waals surface area contributed by atoms with Crippen LogP contribution in [0.15, 0.2) is 35.4 Å². The quantitative estimate of drug-likeness (QED) is 0.892. The van der Waals surface area contributed by atoms with E-state index in [0.29, 0.717) is 17.9 Å². The van der Waals surface area contributed by atoms with Crippen molar-refractivity contribution in [3.8, 4) is 0 Å². The maximum absolute atomic E-state index is 12.1. The standard InChI is InChI=1S/C12H16N2O2S/c1-14-9-12(17(15,16)8-4-7-13)10-5-2-3-6-11(10)14/h2-3,5-6,9H,4,7-8,13H2,1H3. The van der Waals surface area contributed by atoms with Crippen LogP contribution in [0.4, 0.5) is 0 Å². The Labute approximate surface area is 101 Å². The molecule has 0 atom stereocenters. The van der Waals surface area contributed by atoms with Crippen molar-refractivity contribution in [2.24, 2.45) is 12.8 Å². The maximum atomic E-state index is 12.1. The Balaban J connectivity index is 2.56. The van der Waals surface area contributed by atoms with Gasteiger partial charge >= 0.3 is 0 Å². The van der Waals surface area contributed by atoms with Crippen LogP contribution in [0.25, 0.3) is 10.9 Å². The van der Waals surface area contributed by atoms with Gasteiger partial charge in [-0.25, -0.2) is 8.42 Å². The first-order valence-corrected chi connectivity index (χ1v) is 7.18. The van der Waals surface area contributed by atoms with Gasteiger partial charge in [-0.15, -0.1) is 0 Å². The molecule has 0 fully saturated rings. The molecule has 17 heavy (non-hydrogen) atoms. The average Bonchev–Trinajstić information content (AvgIpc) is 2.66. The third kappa shape index (κ3) is 2.21. The summed E-state index contributed by atoms with van der Waals surface area (Å²) in [6, 6.07) is 7.50. The van der Waals surface area contributed by atoms with Crippen LogP contribution in [0.2, 0.25) is 0 Å². The molecule has 4 nitrogen and oxygen atoms in total. The number of aryl methyl sites for hydroxylation is 1. The van der Waals surface area contributed by atoms with Crippen molar-refractivity contribution in [1.29, 1.82) is 0 Å². The first-order chi connectivity index (χ1) is 8.06. The summed E-state index contributed by atoms with van der Waals surface area (Å²) in [6.45, 7) is 0.393. The number of rotatable bonds is 4. The van der Waals surface area contributed by atoms with Gasteiger partial charge < -0.3 is 10.3 Å². The Hall–Kier alpha value is -1.33. The molecule has 0 spiro atoms. The largest absolute Gasteiger partial charge is 0.349 e. The van der Waals surface area contributed by atoms with E-state index >= 15 is 0 Å². The first kappa shape index (κ1) is 12.1. The van der Waals surface area contributed by atoms with E-state index in [4.69, 9.17) is 5.73 Å². The van der Waals surface area contributed by atoms with Gasteiger partial charge in [-0.3, -0.25) is 0 Å². The molecule has 1 aromatic heterocycles. The predicted molar refractivity (Wildman–Crippen MR) is 68.6 cm³/mol. The van der Waals surface area contributed by atoms with Crippen molar-refractivity contribution < 1.29 is 8.42 Å². The lowest BCUT2D eigenvalue weighted by atomic mass is 10.2. The molecule has 0 bridgehead atoms. The summed E-state index contributed by atoms with van der Waals surface area (Å²) < 4.78 is 26.1. The molecule has 2 N–H and O–H groups in total. The fourth-order valence-corrected chi connectivity index (χ4v) is 3.53. The molecule has 0 saturated carbocycles. The van der Waals surface area contributed by atoms with E-state index in [1.807, 2.05) is 35.9 Å². The zero-order valence-corrected chi connectivity index (χ0v) is 10.6. The van der Waals surface area contributed by atoms with E-state index in [9.17, 15) is 8.42 Å². The SMILES string of the molecule is Cn1cc(S(=O)(=O)CCCN)c2ccccc21. The molecule has 0 amide bonds. The first-order valence-electron chi connectivity index (χ1n) is 5.53. The second-order valence-corrected chi connectivity index (χ2v) is 6.16. The number of para-hydroxylation sites is 1. The molecule has 0 unspecified atom stereocenters. The highest BCUT2D eigenvalue weighted by atomic mass is 32.2. The number of benzene rings is 1. The second kappa shape index (κ2) is 4.50. The van der Waals surface area contributed by atoms with Gasteiger partial charge in [0.1, 0.15) is 0 Å². The average molecular weight is 252 g/mol. The highest BCUT2D eigenvalue weighted by Crippen LogP contribution is 2.25. The number of aromatic nitrogens is 1. The normalized spacial score (nSPS) is 12.1. The van der Waals surface area contributed by atoms with Gasteiger partial charge in [-0.2, -0.15) is 0 Å². The van der Waals surface area contributed by atoms with Crippen molar-refractivity contribution in [3.63, 3.8) is 0 Å². The van der Waals surface area contributed by atoms with Crippen LogP contribution in [0.1, 0.15) is 6.42 Å². The van der Waals surface area contributed by atoms with Crippen LogP contribution in [-0.4, -0.2) is 25.3 Å². The molecule has 0 aliphatic carbocycles. The van der Waals surface area contributed by atoms with E-state index < -0.39 is 9.84 Å². The molecule has 5 heteroatoms. The number of hydrogen-bond donors (Lipinski definition) is 1. The van der Waals surface area contributed by atoms with Gasteiger partial charge in [0.05, 0.1) is 10.6 Å². The van der Waals surface area contributed by atoms with Crippen LogP contribution in [0.3, 0.4) is 0 Å². The number of fused-ring (bicyclic) bond motifs is 1. The summed E-state index contributed by atoms with van der Waals surface area (Å²) in [5.41, 5.74) is 6.29. The van der Waals surface area contributed by atoms with Crippen LogP contribution in [0.5, 0.6) is 0 Å². The minimum atomic E-state index is -3.23. The molecule has 0 aliphatic heterocycles. The van der Waals surface area contributed by atoms with E-state index in [2.05, 4.69) is 0 Å². The van der Waals surface area contributed by atoms with Gasteiger partial charge in [0.25, 0.3) is 0 Å². The Morgan fingerprint density at radius 3 is 2.71 bits per heavy atom. The Kier molecular flexibility index (Phi) is 3.22. The highest BCUT2D eigenvalue weighted by molar-refractivity contribution is 7.91. The van der Waals surface area contributed by atoms with Gasteiger partial charge in [-0.05, 0) is 19.0 Å². The number of sulfone groups is 1. The zero-order valence-electron chi connectivity index (χ0n) is 9.76. The fraction of sp³-hybridized carbons (Fsp3) is 0.333. The Bertz CT molecular complexity index is 629. The summed E-state index contributed by atoms with van der Waals surface area (Å²) in [4.78, 5) is 0.407. The second-order valence-electron chi connectivity index (χ2n) is 4.08. The van der Waals surface area contributed by atoms with Crippen molar-refractivity contribution in [2.45, 2.75) is 11.3 Å². The molecule has 0 saturated heterocycles. The van der Waals surface area contributed by atoms with Crippen LogP contribution >= 0.6 is 0 Å². The lowest BCUT2D eigenvalue weighted by Gasteiger charge is -2.01. The maximum Gasteiger partial charge on any atom is 0.180 e. The summed E-state index contributed by atoms with van der Waals surface area (Å²) in [6.07, 6.45) is 2.17. The van der Waals surface area contributed by atoms with E-state index in [-0.39, 0.29) is 5.75 Å². The lowest BCUT2D eigenvalue weighted by Crippen LogP contribution is -2.11. The molecule has 2 aromatic rings. The summed E-state index contributed by atoms with van der Waals surface area (Å²) in [7, 11) is -1.38. The number of nitrogens with two attached hydrogens (primary N) is 1. The van der Waals surface area contributed by atoms with Crippen molar-refractivity contribution >= 4 is 20.7 Å². The summed E-state index contributed by atoms with van der Waals surface area (Å²) >= 11 is 0. The smallest absolute Gasteiger partial charge is 0.180 e. The summed E-state index contributed by atoms with van der Waals surface area (Å²) in [5.74, 6) is 0.109. The number of nitrogens with zero attached hydrogens (tertiary/aromatic N) is 1. The minimum absolute atomic E-state index is 0.109. The van der Waals surface area contributed by atoms with Gasteiger partial charge in [0, 0.05) is 24.1 Å². The van der Waals surface area contributed by atoms with Gasteiger partial charge in [0.15, 0.2) is 9.84 Å². The van der Waals surface area contributed by atoms with Crippen LogP contribution in [-0.2, 0) is 16.9 Å². The molecule has 92 valence electrons. The zero-order chi connectivity index (χ0) is 12.5. The topological polar surface area (TPSA) is 65.1 Å². The lowest BCUT2D eigenvalue weighted by molar-refractivity contribution is 0.594. The third-order valence-corrected chi connectivity index (χ3v) is 4.63. The highest BCUT2D eigenvalue weighted by Gasteiger charge is 2.19. The molecule has 1 aromatic carbocycles.